The van der Waals surface area contributed by atoms with Gasteiger partial charge in [0.2, 0.25) is 0 Å². The number of pyridine rings is 2. The Labute approximate surface area is 415 Å². The number of hydrogen-bond acceptors (Lipinski definition) is 3. The molecule has 0 amide bonds. The summed E-state index contributed by atoms with van der Waals surface area (Å²) in [6.07, 6.45) is 1.93. The lowest BCUT2D eigenvalue weighted by Crippen LogP contribution is -2.16. The van der Waals surface area contributed by atoms with Gasteiger partial charge in [0.25, 0.3) is 0 Å². The average Bonchev–Trinajstić information content (AvgIpc) is 3.91. The summed E-state index contributed by atoms with van der Waals surface area (Å²) in [5, 5.41) is 16.0. The van der Waals surface area contributed by atoms with Crippen molar-refractivity contribution in [3.8, 4) is 73.2 Å². The highest BCUT2D eigenvalue weighted by atomic mass is 16.3. The van der Waals surface area contributed by atoms with Crippen LogP contribution in [-0.4, -0.2) is 24.2 Å². The fourth-order valence-corrected chi connectivity index (χ4v) is 10.4. The predicted molar refractivity (Wildman–Crippen MR) is 297 cm³/mol. The van der Waals surface area contributed by atoms with Crippen molar-refractivity contribution in [3.63, 3.8) is 0 Å². The van der Waals surface area contributed by atoms with Crippen LogP contribution >= 0.6 is 0 Å². The molecule has 0 unspecified atom stereocenters. The molecule has 0 saturated carbocycles. The largest absolute Gasteiger partial charge is 0.507 e. The molecule has 5 nitrogen and oxygen atoms in total. The van der Waals surface area contributed by atoms with Gasteiger partial charge in [0, 0.05) is 61.4 Å². The van der Waals surface area contributed by atoms with Gasteiger partial charge < -0.3 is 14.2 Å². The molecule has 0 spiro atoms. The Morgan fingerprint density at radius 3 is 1.52 bits per heavy atom. The number of phenols is 1. The number of para-hydroxylation sites is 5. The average molecular weight is 919 g/mol. The van der Waals surface area contributed by atoms with Gasteiger partial charge >= 0.3 is 0 Å². The molecule has 4 aromatic heterocycles. The summed E-state index contributed by atoms with van der Waals surface area (Å²) in [5.74, 6) is 0.196. The molecule has 0 aliphatic rings. The molecule has 8 aromatic carbocycles. The second-order valence-corrected chi connectivity index (χ2v) is 20.9. The van der Waals surface area contributed by atoms with Crippen LogP contribution in [0.4, 0.5) is 0 Å². The zero-order chi connectivity index (χ0) is 48.6. The third-order valence-corrected chi connectivity index (χ3v) is 14.1. The number of phenolic OH excluding ortho intramolecular Hbond substituents is 1. The third kappa shape index (κ3) is 7.75. The molecule has 344 valence electrons. The van der Waals surface area contributed by atoms with Crippen molar-refractivity contribution in [1.82, 2.24) is 19.1 Å². The van der Waals surface area contributed by atoms with Crippen LogP contribution in [0.5, 0.6) is 5.75 Å². The van der Waals surface area contributed by atoms with E-state index in [4.69, 9.17) is 9.97 Å². The van der Waals surface area contributed by atoms with Crippen LogP contribution in [0.25, 0.3) is 111 Å². The monoisotopic (exact) mass is 918 g/mol. The van der Waals surface area contributed by atoms with Crippen LogP contribution in [0.3, 0.4) is 0 Å². The Bertz CT molecular complexity index is 3960. The van der Waals surface area contributed by atoms with Gasteiger partial charge in [0.1, 0.15) is 5.75 Å². The minimum absolute atomic E-state index is 0.0517. The van der Waals surface area contributed by atoms with E-state index >= 15 is 0 Å². The van der Waals surface area contributed by atoms with Gasteiger partial charge in [-0.05, 0) is 118 Å². The fourth-order valence-electron chi connectivity index (χ4n) is 10.4. The SMILES string of the molecule is CC(C)(C)c1cc(-c2cc(-c3cccc(-c4cc(-c5cccc6c7ccccc7n(-c7cccc(-n8c9ccccc9c9ccccc98)c7)c56)ccn4)c3)nc(-c3ccccc3O)c2)cc(C(C)(C)C)c1. The lowest BCUT2D eigenvalue weighted by atomic mass is 9.79. The molecule has 5 heteroatoms. The van der Waals surface area contributed by atoms with E-state index in [2.05, 4.69) is 233 Å². The van der Waals surface area contributed by atoms with Crippen LogP contribution in [-0.2, 0) is 10.8 Å². The fraction of sp³-hybridized carbons (Fsp3) is 0.121. The van der Waals surface area contributed by atoms with E-state index in [1.807, 2.05) is 24.4 Å². The molecule has 0 radical (unpaired) electrons. The molecule has 71 heavy (non-hydrogen) atoms. The van der Waals surface area contributed by atoms with Crippen molar-refractivity contribution in [2.45, 2.75) is 52.4 Å². The molecule has 0 atom stereocenters. The summed E-state index contributed by atoms with van der Waals surface area (Å²) in [4.78, 5) is 10.3. The molecule has 12 rings (SSSR count). The molecular weight excluding hydrogens is 865 g/mol. The van der Waals surface area contributed by atoms with E-state index in [1.165, 1.54) is 43.7 Å². The topological polar surface area (TPSA) is 55.9 Å². The van der Waals surface area contributed by atoms with Crippen LogP contribution in [0.2, 0.25) is 0 Å². The Balaban J connectivity index is 0.989. The summed E-state index contributed by atoms with van der Waals surface area (Å²) in [5.41, 5.74) is 18.7. The summed E-state index contributed by atoms with van der Waals surface area (Å²) in [6, 6.07) is 73.3. The molecule has 0 aliphatic carbocycles. The Morgan fingerprint density at radius 2 is 0.859 bits per heavy atom. The first-order valence-electron chi connectivity index (χ1n) is 24.5. The van der Waals surface area contributed by atoms with E-state index < -0.39 is 0 Å². The Morgan fingerprint density at radius 1 is 0.366 bits per heavy atom. The standard InChI is InChI=1S/C66H54N4O/c1-65(2,3)47-35-45(36-48(40-47)66(4,5)6)46-38-58(68-59(39-46)56-25-10-14-31-63(56)71)44-19-15-18-43(34-44)57-37-42(32-33-67-57)51-26-17-27-55-54-24-9-13-30-62(54)70(64(51)55)50-21-16-20-49(41-50)69-60-28-11-7-22-52(60)53-23-8-12-29-61(53)69/h7-41,71H,1-6H3. The second kappa shape index (κ2) is 16.9. The van der Waals surface area contributed by atoms with Gasteiger partial charge in [-0.3, -0.25) is 4.98 Å². The second-order valence-electron chi connectivity index (χ2n) is 20.9. The lowest BCUT2D eigenvalue weighted by molar-refractivity contribution is 0.477. The predicted octanol–water partition coefficient (Wildman–Crippen LogP) is 17.3. The summed E-state index contributed by atoms with van der Waals surface area (Å²) < 4.78 is 4.82. The Kier molecular flexibility index (Phi) is 10.4. The third-order valence-electron chi connectivity index (χ3n) is 14.1. The number of hydrogen-bond donors (Lipinski definition) is 1. The first-order chi connectivity index (χ1) is 34.4. The first kappa shape index (κ1) is 43.7. The quantitative estimate of drug-likeness (QED) is 0.173. The van der Waals surface area contributed by atoms with Gasteiger partial charge in [-0.2, -0.15) is 0 Å². The van der Waals surface area contributed by atoms with E-state index in [1.54, 1.807) is 6.07 Å². The molecular formula is C66H54N4O. The first-order valence-corrected chi connectivity index (χ1v) is 24.5. The van der Waals surface area contributed by atoms with Crippen molar-refractivity contribution >= 4 is 43.6 Å². The minimum atomic E-state index is -0.0517. The van der Waals surface area contributed by atoms with Crippen LogP contribution in [0.1, 0.15) is 52.7 Å². The number of nitrogens with zero attached hydrogens (tertiary/aromatic N) is 4. The summed E-state index contributed by atoms with van der Waals surface area (Å²) >= 11 is 0. The van der Waals surface area contributed by atoms with Gasteiger partial charge in [-0.25, -0.2) is 4.98 Å². The summed E-state index contributed by atoms with van der Waals surface area (Å²) in [7, 11) is 0. The highest BCUT2D eigenvalue weighted by molar-refractivity contribution is 6.14. The van der Waals surface area contributed by atoms with Crippen LogP contribution in [0.15, 0.2) is 212 Å². The van der Waals surface area contributed by atoms with Crippen molar-refractivity contribution < 1.29 is 5.11 Å². The normalized spacial score (nSPS) is 12.1. The lowest BCUT2D eigenvalue weighted by Gasteiger charge is -2.26. The van der Waals surface area contributed by atoms with Crippen molar-refractivity contribution in [2.75, 3.05) is 0 Å². The maximum atomic E-state index is 11.2. The van der Waals surface area contributed by atoms with Crippen LogP contribution < -0.4 is 0 Å². The van der Waals surface area contributed by atoms with Gasteiger partial charge in [-0.15, -0.1) is 0 Å². The highest BCUT2D eigenvalue weighted by Crippen LogP contribution is 2.42. The van der Waals surface area contributed by atoms with E-state index in [0.717, 1.165) is 67.2 Å². The summed E-state index contributed by atoms with van der Waals surface area (Å²) in [6.45, 7) is 13.6. The number of aromatic nitrogens is 4. The van der Waals surface area contributed by atoms with E-state index in [-0.39, 0.29) is 16.6 Å². The van der Waals surface area contributed by atoms with E-state index in [0.29, 0.717) is 11.3 Å². The maximum absolute atomic E-state index is 11.2. The molecule has 0 aliphatic heterocycles. The number of benzene rings is 8. The van der Waals surface area contributed by atoms with Gasteiger partial charge in [0.05, 0.1) is 39.1 Å². The van der Waals surface area contributed by atoms with Crippen molar-refractivity contribution in [1.29, 1.82) is 0 Å². The van der Waals surface area contributed by atoms with E-state index in [9.17, 15) is 5.11 Å². The minimum Gasteiger partial charge on any atom is -0.507 e. The molecule has 12 aromatic rings. The molecule has 0 fully saturated rings. The molecule has 4 heterocycles. The van der Waals surface area contributed by atoms with Crippen LogP contribution in [0, 0.1) is 0 Å². The Hall–Kier alpha value is -8.54. The number of aromatic hydroxyl groups is 1. The highest BCUT2D eigenvalue weighted by Gasteiger charge is 2.23. The maximum Gasteiger partial charge on any atom is 0.124 e. The molecule has 0 bridgehead atoms. The van der Waals surface area contributed by atoms with Gasteiger partial charge in [-0.1, -0.05) is 169 Å². The number of fused-ring (bicyclic) bond motifs is 6. The zero-order valence-corrected chi connectivity index (χ0v) is 40.9. The van der Waals surface area contributed by atoms with Gasteiger partial charge in [0.15, 0.2) is 0 Å². The number of rotatable bonds is 7. The van der Waals surface area contributed by atoms with Crippen molar-refractivity contribution in [3.05, 3.63) is 224 Å². The zero-order valence-electron chi connectivity index (χ0n) is 40.9. The smallest absolute Gasteiger partial charge is 0.124 e. The molecule has 0 saturated heterocycles. The molecule has 1 N–H and O–H groups in total. The van der Waals surface area contributed by atoms with Crippen molar-refractivity contribution in [2.24, 2.45) is 0 Å².